The van der Waals surface area contributed by atoms with E-state index in [0.29, 0.717) is 18.0 Å². The van der Waals surface area contributed by atoms with Crippen LogP contribution in [0, 0.1) is 0 Å². The third-order valence-corrected chi connectivity index (χ3v) is 5.95. The van der Waals surface area contributed by atoms with E-state index in [1.807, 2.05) is 37.3 Å². The van der Waals surface area contributed by atoms with Crippen LogP contribution in [0.25, 0.3) is 0 Å². The maximum absolute atomic E-state index is 13.0. The quantitative estimate of drug-likeness (QED) is 0.710. The Bertz CT molecular complexity index is 808. The van der Waals surface area contributed by atoms with Gasteiger partial charge in [0.15, 0.2) is 0 Å². The minimum Gasteiger partial charge on any atom is -0.355 e. The predicted molar refractivity (Wildman–Crippen MR) is 104 cm³/mol. The monoisotopic (exact) mass is 394 g/mol. The van der Waals surface area contributed by atoms with E-state index < -0.39 is 10.0 Å². The first-order valence-electron chi connectivity index (χ1n) is 8.50. The van der Waals surface area contributed by atoms with Gasteiger partial charge in [-0.05, 0) is 42.7 Å². The first-order valence-corrected chi connectivity index (χ1v) is 10.3. The minimum atomic E-state index is -3.79. The number of nitrogens with one attached hydrogen (secondary N) is 1. The number of halogens is 1. The second-order valence-electron chi connectivity index (χ2n) is 5.88. The van der Waals surface area contributed by atoms with E-state index in [-0.39, 0.29) is 23.9 Å². The van der Waals surface area contributed by atoms with Gasteiger partial charge in [-0.15, -0.1) is 0 Å². The van der Waals surface area contributed by atoms with E-state index >= 15 is 0 Å². The van der Waals surface area contributed by atoms with Crippen LogP contribution in [0.2, 0.25) is 5.02 Å². The lowest BCUT2D eigenvalue weighted by Gasteiger charge is -2.22. The molecule has 0 spiro atoms. The Morgan fingerprint density at radius 2 is 1.73 bits per heavy atom. The van der Waals surface area contributed by atoms with Crippen molar-refractivity contribution in [2.24, 2.45) is 0 Å². The van der Waals surface area contributed by atoms with Gasteiger partial charge in [-0.1, -0.05) is 48.9 Å². The molecule has 0 radical (unpaired) electrons. The summed E-state index contributed by atoms with van der Waals surface area (Å²) in [7, 11) is -3.79. The van der Waals surface area contributed by atoms with E-state index in [1.165, 1.54) is 28.6 Å². The highest BCUT2D eigenvalue weighted by Crippen LogP contribution is 2.19. The number of amides is 1. The van der Waals surface area contributed by atoms with Crippen molar-refractivity contribution in [3.63, 3.8) is 0 Å². The van der Waals surface area contributed by atoms with Crippen LogP contribution in [0.3, 0.4) is 0 Å². The number of sulfonamides is 1. The normalized spacial score (nSPS) is 11.5. The van der Waals surface area contributed by atoms with E-state index in [1.54, 1.807) is 0 Å². The van der Waals surface area contributed by atoms with Crippen LogP contribution in [0.15, 0.2) is 59.5 Å². The summed E-state index contributed by atoms with van der Waals surface area (Å²) in [5, 5.41) is 3.19. The van der Waals surface area contributed by atoms with Crippen LogP contribution in [-0.2, 0) is 21.2 Å². The topological polar surface area (TPSA) is 66.5 Å². The zero-order chi connectivity index (χ0) is 19.0. The summed E-state index contributed by atoms with van der Waals surface area (Å²) in [5.74, 6) is -0.308. The van der Waals surface area contributed by atoms with Crippen molar-refractivity contribution < 1.29 is 13.2 Å². The lowest BCUT2D eigenvalue weighted by atomic mass is 10.1. The largest absolute Gasteiger partial charge is 0.355 e. The molecule has 7 heteroatoms. The maximum atomic E-state index is 13.0. The molecule has 0 aliphatic heterocycles. The summed E-state index contributed by atoms with van der Waals surface area (Å²) in [4.78, 5) is 12.2. The number of carbonyl (C=O) groups excluding carboxylic acids is 1. The molecule has 0 atom stereocenters. The van der Waals surface area contributed by atoms with E-state index in [2.05, 4.69) is 5.32 Å². The van der Waals surface area contributed by atoms with Crippen molar-refractivity contribution in [3.8, 4) is 0 Å². The summed E-state index contributed by atoms with van der Waals surface area (Å²) in [6, 6.07) is 15.6. The SMILES string of the molecule is CCCNC(=O)CN(CCc1ccccc1)S(=O)(=O)c1ccc(Cl)cc1. The molecule has 0 aromatic heterocycles. The Morgan fingerprint density at radius 1 is 1.08 bits per heavy atom. The Hall–Kier alpha value is -1.89. The van der Waals surface area contributed by atoms with Gasteiger partial charge < -0.3 is 5.32 Å². The van der Waals surface area contributed by atoms with E-state index in [9.17, 15) is 13.2 Å². The van der Waals surface area contributed by atoms with Gasteiger partial charge in [-0.25, -0.2) is 8.42 Å². The van der Waals surface area contributed by atoms with E-state index in [0.717, 1.165) is 12.0 Å². The number of benzene rings is 2. The van der Waals surface area contributed by atoms with Gasteiger partial charge >= 0.3 is 0 Å². The van der Waals surface area contributed by atoms with Crippen LogP contribution in [-0.4, -0.2) is 38.3 Å². The van der Waals surface area contributed by atoms with Crippen LogP contribution in [0.5, 0.6) is 0 Å². The molecule has 140 valence electrons. The smallest absolute Gasteiger partial charge is 0.243 e. The fraction of sp³-hybridized carbons (Fsp3) is 0.316. The first kappa shape index (κ1) is 20.4. The fourth-order valence-electron chi connectivity index (χ4n) is 2.42. The molecule has 1 N–H and O–H groups in total. The van der Waals surface area contributed by atoms with Crippen molar-refractivity contribution in [2.75, 3.05) is 19.6 Å². The van der Waals surface area contributed by atoms with Crippen molar-refractivity contribution in [3.05, 3.63) is 65.2 Å². The average molecular weight is 395 g/mol. The molecule has 0 unspecified atom stereocenters. The zero-order valence-corrected chi connectivity index (χ0v) is 16.3. The summed E-state index contributed by atoms with van der Waals surface area (Å²) in [5.41, 5.74) is 1.01. The second kappa shape index (κ2) is 9.71. The Morgan fingerprint density at radius 3 is 2.35 bits per heavy atom. The summed E-state index contributed by atoms with van der Waals surface area (Å²) in [6.45, 7) is 2.47. The Labute approximate surface area is 160 Å². The van der Waals surface area contributed by atoms with Crippen LogP contribution < -0.4 is 5.32 Å². The molecular weight excluding hydrogens is 372 g/mol. The van der Waals surface area contributed by atoms with Crippen LogP contribution >= 0.6 is 11.6 Å². The first-order chi connectivity index (χ1) is 12.4. The Kier molecular flexibility index (Phi) is 7.63. The molecule has 0 aliphatic carbocycles. The standard InChI is InChI=1S/C19H23ClN2O3S/c1-2-13-21-19(23)15-22(14-12-16-6-4-3-5-7-16)26(24,25)18-10-8-17(20)9-11-18/h3-11H,2,12-15H2,1H3,(H,21,23). The molecule has 0 bridgehead atoms. The van der Waals surface area contributed by atoms with Crippen LogP contribution in [0.4, 0.5) is 0 Å². The van der Waals surface area contributed by atoms with Crippen molar-refractivity contribution in [1.29, 1.82) is 0 Å². The number of rotatable bonds is 9. The molecule has 1 amide bonds. The van der Waals surface area contributed by atoms with Gasteiger partial charge in [-0.3, -0.25) is 4.79 Å². The number of hydrogen-bond donors (Lipinski definition) is 1. The predicted octanol–water partition coefficient (Wildman–Crippen LogP) is 3.10. The molecule has 0 saturated heterocycles. The molecule has 2 aromatic rings. The lowest BCUT2D eigenvalue weighted by Crippen LogP contribution is -2.41. The van der Waals surface area contributed by atoms with Crippen LogP contribution in [0.1, 0.15) is 18.9 Å². The lowest BCUT2D eigenvalue weighted by molar-refractivity contribution is -0.121. The summed E-state index contributed by atoms with van der Waals surface area (Å²) >= 11 is 5.85. The van der Waals surface area contributed by atoms with Crippen molar-refractivity contribution in [1.82, 2.24) is 9.62 Å². The van der Waals surface area contributed by atoms with Gasteiger partial charge in [-0.2, -0.15) is 4.31 Å². The number of carbonyl (C=O) groups is 1. The molecule has 0 heterocycles. The highest BCUT2D eigenvalue weighted by molar-refractivity contribution is 7.89. The third kappa shape index (κ3) is 5.83. The van der Waals surface area contributed by atoms with E-state index in [4.69, 9.17) is 11.6 Å². The molecule has 5 nitrogen and oxygen atoms in total. The van der Waals surface area contributed by atoms with Gasteiger partial charge in [0.05, 0.1) is 11.4 Å². The molecule has 2 rings (SSSR count). The third-order valence-electron chi connectivity index (χ3n) is 3.84. The zero-order valence-electron chi connectivity index (χ0n) is 14.7. The highest BCUT2D eigenvalue weighted by atomic mass is 35.5. The number of hydrogen-bond acceptors (Lipinski definition) is 3. The number of nitrogens with zero attached hydrogens (tertiary/aromatic N) is 1. The van der Waals surface area contributed by atoms with Gasteiger partial charge in [0.25, 0.3) is 0 Å². The van der Waals surface area contributed by atoms with Crippen molar-refractivity contribution >= 4 is 27.5 Å². The summed E-state index contributed by atoms with van der Waals surface area (Å²) in [6.07, 6.45) is 1.31. The highest BCUT2D eigenvalue weighted by Gasteiger charge is 2.26. The molecule has 0 saturated carbocycles. The van der Waals surface area contributed by atoms with Crippen molar-refractivity contribution in [2.45, 2.75) is 24.7 Å². The summed E-state index contributed by atoms with van der Waals surface area (Å²) < 4.78 is 27.2. The minimum absolute atomic E-state index is 0.123. The fourth-order valence-corrected chi connectivity index (χ4v) is 3.94. The Balaban J connectivity index is 2.20. The van der Waals surface area contributed by atoms with Gasteiger partial charge in [0, 0.05) is 18.1 Å². The molecule has 26 heavy (non-hydrogen) atoms. The van der Waals surface area contributed by atoms with Gasteiger partial charge in [0.1, 0.15) is 0 Å². The maximum Gasteiger partial charge on any atom is 0.243 e. The van der Waals surface area contributed by atoms with Gasteiger partial charge in [0.2, 0.25) is 15.9 Å². The average Bonchev–Trinajstić information content (AvgIpc) is 2.64. The molecular formula is C19H23ClN2O3S. The molecule has 2 aromatic carbocycles. The second-order valence-corrected chi connectivity index (χ2v) is 8.25. The molecule has 0 aliphatic rings. The molecule has 0 fully saturated rings.